The molecule has 0 aliphatic carbocycles. The van der Waals surface area contributed by atoms with Crippen LogP contribution in [0, 0.1) is 0 Å². The summed E-state index contributed by atoms with van der Waals surface area (Å²) in [5, 5.41) is 0.486. The lowest BCUT2D eigenvalue weighted by molar-refractivity contribution is 0.260. The molecule has 2 N–H and O–H groups in total. The molecule has 6 heteroatoms. The van der Waals surface area contributed by atoms with Crippen LogP contribution in [-0.4, -0.2) is 47.1 Å². The van der Waals surface area contributed by atoms with Gasteiger partial charge >= 0.3 is 0 Å². The molecular weight excluding hydrogens is 250 g/mol. The molecule has 2 aliphatic heterocycles. The number of nitrogen functional groups attached to an aromatic ring is 1. The monoisotopic (exact) mass is 267 g/mol. The van der Waals surface area contributed by atoms with Crippen molar-refractivity contribution in [3.05, 3.63) is 11.3 Å². The first-order valence-electron chi connectivity index (χ1n) is 6.50. The first kappa shape index (κ1) is 12.0. The van der Waals surface area contributed by atoms with Crippen molar-refractivity contribution in [3.8, 4) is 0 Å². The maximum atomic E-state index is 6.18. The Hall–Kier alpha value is -1.07. The van der Waals surface area contributed by atoms with Crippen LogP contribution in [0.4, 0.5) is 11.6 Å². The Kier molecular flexibility index (Phi) is 3.26. The number of hydrogen-bond donors (Lipinski definition) is 1. The average molecular weight is 268 g/mol. The number of likely N-dealkylation sites (tertiary alicyclic amines) is 1. The van der Waals surface area contributed by atoms with Crippen LogP contribution in [0.1, 0.15) is 19.3 Å². The molecule has 0 amide bonds. The lowest BCUT2D eigenvalue weighted by Gasteiger charge is -2.24. The van der Waals surface area contributed by atoms with Crippen molar-refractivity contribution in [3.63, 3.8) is 0 Å². The largest absolute Gasteiger partial charge is 0.382 e. The highest BCUT2D eigenvalue weighted by molar-refractivity contribution is 6.35. The van der Waals surface area contributed by atoms with Gasteiger partial charge in [0.25, 0.3) is 0 Å². The summed E-state index contributed by atoms with van der Waals surface area (Å²) < 4.78 is 0. The Morgan fingerprint density at radius 2 is 2.00 bits per heavy atom. The van der Waals surface area contributed by atoms with E-state index in [-0.39, 0.29) is 0 Å². The van der Waals surface area contributed by atoms with Gasteiger partial charge in [-0.2, -0.15) is 0 Å². The second kappa shape index (κ2) is 4.90. The number of rotatable bonds is 2. The molecule has 18 heavy (non-hydrogen) atoms. The minimum absolute atomic E-state index is 0.367. The van der Waals surface area contributed by atoms with Crippen molar-refractivity contribution in [1.29, 1.82) is 0 Å². The molecule has 2 saturated heterocycles. The molecular formula is C12H18ClN5. The third-order valence-electron chi connectivity index (χ3n) is 3.92. The Balaban J connectivity index is 1.73. The van der Waals surface area contributed by atoms with Gasteiger partial charge in [0.05, 0.1) is 0 Å². The van der Waals surface area contributed by atoms with Crippen LogP contribution < -0.4 is 10.6 Å². The van der Waals surface area contributed by atoms with E-state index >= 15 is 0 Å². The molecule has 1 aromatic heterocycles. The van der Waals surface area contributed by atoms with Crippen LogP contribution in [-0.2, 0) is 0 Å². The predicted molar refractivity (Wildman–Crippen MR) is 72.9 cm³/mol. The van der Waals surface area contributed by atoms with E-state index in [1.807, 2.05) is 0 Å². The number of halogens is 1. The third-order valence-corrected chi connectivity index (χ3v) is 4.28. The zero-order valence-electron chi connectivity index (χ0n) is 10.3. The minimum Gasteiger partial charge on any atom is -0.382 e. The summed E-state index contributed by atoms with van der Waals surface area (Å²) in [4.78, 5) is 13.0. The van der Waals surface area contributed by atoms with Crippen LogP contribution in [0.25, 0.3) is 0 Å². The van der Waals surface area contributed by atoms with Crippen LogP contribution in [0.15, 0.2) is 6.33 Å². The Morgan fingerprint density at radius 1 is 1.22 bits per heavy atom. The molecule has 1 unspecified atom stereocenters. The smallest absolute Gasteiger partial charge is 0.153 e. The van der Waals surface area contributed by atoms with Crippen LogP contribution in [0.2, 0.25) is 5.02 Å². The summed E-state index contributed by atoms with van der Waals surface area (Å²) in [5.41, 5.74) is 5.72. The van der Waals surface area contributed by atoms with Gasteiger partial charge in [-0.05, 0) is 32.4 Å². The molecule has 0 aromatic carbocycles. The molecule has 2 fully saturated rings. The minimum atomic E-state index is 0.367. The zero-order valence-corrected chi connectivity index (χ0v) is 11.1. The van der Waals surface area contributed by atoms with Gasteiger partial charge in [0, 0.05) is 19.1 Å². The molecule has 1 atom stereocenters. The Morgan fingerprint density at radius 3 is 2.78 bits per heavy atom. The van der Waals surface area contributed by atoms with Crippen molar-refractivity contribution in [2.24, 2.45) is 0 Å². The molecule has 0 radical (unpaired) electrons. The van der Waals surface area contributed by atoms with Gasteiger partial charge in [-0.15, -0.1) is 0 Å². The molecule has 98 valence electrons. The lowest BCUT2D eigenvalue weighted by atomic mass is 10.2. The number of nitrogens with zero attached hydrogens (tertiary/aromatic N) is 4. The molecule has 5 nitrogen and oxygen atoms in total. The Bertz CT molecular complexity index is 432. The van der Waals surface area contributed by atoms with Gasteiger partial charge in [0.2, 0.25) is 0 Å². The van der Waals surface area contributed by atoms with Gasteiger partial charge < -0.3 is 10.6 Å². The van der Waals surface area contributed by atoms with Gasteiger partial charge in [-0.25, -0.2) is 9.97 Å². The summed E-state index contributed by atoms with van der Waals surface area (Å²) >= 11 is 6.18. The highest BCUT2D eigenvalue weighted by Crippen LogP contribution is 2.31. The summed E-state index contributed by atoms with van der Waals surface area (Å²) in [6, 6.07) is 0.639. The zero-order chi connectivity index (χ0) is 12.5. The quantitative estimate of drug-likeness (QED) is 0.878. The van der Waals surface area contributed by atoms with E-state index in [1.165, 1.54) is 38.7 Å². The van der Waals surface area contributed by atoms with Crippen molar-refractivity contribution in [2.45, 2.75) is 25.3 Å². The number of hydrogen-bond acceptors (Lipinski definition) is 5. The number of aromatic nitrogens is 2. The maximum Gasteiger partial charge on any atom is 0.153 e. The van der Waals surface area contributed by atoms with E-state index in [4.69, 9.17) is 17.3 Å². The SMILES string of the molecule is Nc1ncnc(N2CCC(N3CCCC3)C2)c1Cl. The van der Waals surface area contributed by atoms with Gasteiger partial charge in [0.1, 0.15) is 17.2 Å². The van der Waals surface area contributed by atoms with Crippen molar-refractivity contribution >= 4 is 23.2 Å². The summed E-state index contributed by atoms with van der Waals surface area (Å²) in [7, 11) is 0. The highest BCUT2D eigenvalue weighted by Gasteiger charge is 2.30. The Labute approximate surface area is 112 Å². The first-order valence-corrected chi connectivity index (χ1v) is 6.88. The van der Waals surface area contributed by atoms with Gasteiger partial charge in [-0.3, -0.25) is 4.90 Å². The fraction of sp³-hybridized carbons (Fsp3) is 0.667. The first-order chi connectivity index (χ1) is 8.75. The van der Waals surface area contributed by atoms with E-state index in [0.29, 0.717) is 16.9 Å². The summed E-state index contributed by atoms with van der Waals surface area (Å²) in [5.74, 6) is 1.15. The lowest BCUT2D eigenvalue weighted by Crippen LogP contribution is -2.35. The molecule has 3 rings (SSSR count). The summed E-state index contributed by atoms with van der Waals surface area (Å²) in [6.45, 7) is 4.46. The molecule has 2 aliphatic rings. The molecule has 3 heterocycles. The molecule has 0 spiro atoms. The number of anilines is 2. The molecule has 0 saturated carbocycles. The standard InChI is InChI=1S/C12H18ClN5/c13-10-11(14)15-8-16-12(10)18-6-3-9(7-18)17-4-1-2-5-17/h8-9H,1-7H2,(H2,14,15,16). The van der Waals surface area contributed by atoms with Gasteiger partial charge in [-0.1, -0.05) is 11.6 Å². The second-order valence-electron chi connectivity index (χ2n) is 5.03. The van der Waals surface area contributed by atoms with E-state index in [1.54, 1.807) is 0 Å². The fourth-order valence-corrected chi connectivity index (χ4v) is 3.15. The van der Waals surface area contributed by atoms with Crippen LogP contribution in [0.3, 0.4) is 0 Å². The van der Waals surface area contributed by atoms with Crippen molar-refractivity contribution in [2.75, 3.05) is 36.8 Å². The van der Waals surface area contributed by atoms with E-state index in [0.717, 1.165) is 18.9 Å². The summed E-state index contributed by atoms with van der Waals surface area (Å²) in [6.07, 6.45) is 5.33. The maximum absolute atomic E-state index is 6.18. The van der Waals surface area contributed by atoms with E-state index in [9.17, 15) is 0 Å². The molecule has 1 aromatic rings. The van der Waals surface area contributed by atoms with Crippen LogP contribution >= 0.6 is 11.6 Å². The van der Waals surface area contributed by atoms with Crippen molar-refractivity contribution in [1.82, 2.24) is 14.9 Å². The van der Waals surface area contributed by atoms with Crippen LogP contribution in [0.5, 0.6) is 0 Å². The topological polar surface area (TPSA) is 58.3 Å². The normalized spacial score (nSPS) is 24.9. The van der Waals surface area contributed by atoms with E-state index in [2.05, 4.69) is 19.8 Å². The van der Waals surface area contributed by atoms with E-state index < -0.39 is 0 Å². The molecule has 0 bridgehead atoms. The average Bonchev–Trinajstić information content (AvgIpc) is 3.01. The van der Waals surface area contributed by atoms with Crippen molar-refractivity contribution < 1.29 is 0 Å². The highest BCUT2D eigenvalue weighted by atomic mass is 35.5. The number of nitrogens with two attached hydrogens (primary N) is 1. The second-order valence-corrected chi connectivity index (χ2v) is 5.41. The third kappa shape index (κ3) is 2.12. The predicted octanol–water partition coefficient (Wildman–Crippen LogP) is 1.39. The van der Waals surface area contributed by atoms with Gasteiger partial charge in [0.15, 0.2) is 5.82 Å². The fourth-order valence-electron chi connectivity index (χ4n) is 2.93.